The van der Waals surface area contributed by atoms with Crippen LogP contribution in [0.5, 0.6) is 0 Å². The molecule has 0 spiro atoms. The molecule has 5 nitrogen and oxygen atoms in total. The molecule has 0 unspecified atom stereocenters. The molecule has 3 N–H and O–H groups in total. The maximum absolute atomic E-state index is 11.8. The molecule has 0 aliphatic heterocycles. The predicted octanol–water partition coefficient (Wildman–Crippen LogP) is 0.903. The third kappa shape index (κ3) is 4.33. The number of carbonyl (C=O) groups excluding carboxylic acids is 1. The van der Waals surface area contributed by atoms with Gasteiger partial charge >= 0.3 is 0 Å². The summed E-state index contributed by atoms with van der Waals surface area (Å²) in [5, 5.41) is 11.5. The van der Waals surface area contributed by atoms with Crippen LogP contribution in [0.4, 0.5) is 0 Å². The Bertz CT molecular complexity index is 452. The summed E-state index contributed by atoms with van der Waals surface area (Å²) < 4.78 is 0. The summed E-state index contributed by atoms with van der Waals surface area (Å²) in [6.45, 7) is 4.65. The standard InChI is InChI=1S/C13H20N2O3/c1-13(2,5-3-7-16)9-15-12(18)10-8-14-6-4-11(10)17/h4,6,8,16H,3,5,7,9H2,1-2H3,(H,14,17)(H,15,18). The number of aliphatic hydroxyl groups excluding tert-OH is 1. The number of carbonyl (C=O) groups is 1. The molecular formula is C13H20N2O3. The van der Waals surface area contributed by atoms with Gasteiger partial charge in [0, 0.05) is 31.6 Å². The summed E-state index contributed by atoms with van der Waals surface area (Å²) in [4.78, 5) is 26.0. The largest absolute Gasteiger partial charge is 0.396 e. The highest BCUT2D eigenvalue weighted by molar-refractivity contribution is 5.93. The van der Waals surface area contributed by atoms with Crippen LogP contribution in [0.1, 0.15) is 37.0 Å². The van der Waals surface area contributed by atoms with Crippen LogP contribution < -0.4 is 10.7 Å². The molecule has 0 bridgehead atoms. The number of H-pyrrole nitrogens is 1. The van der Waals surface area contributed by atoms with E-state index in [-0.39, 0.29) is 28.9 Å². The molecule has 0 aromatic carbocycles. The molecule has 0 aliphatic rings. The van der Waals surface area contributed by atoms with Gasteiger partial charge in [-0.3, -0.25) is 9.59 Å². The van der Waals surface area contributed by atoms with Crippen molar-refractivity contribution in [3.63, 3.8) is 0 Å². The number of aromatic nitrogens is 1. The minimum Gasteiger partial charge on any atom is -0.396 e. The van der Waals surface area contributed by atoms with Gasteiger partial charge in [0.15, 0.2) is 5.43 Å². The summed E-state index contributed by atoms with van der Waals surface area (Å²) in [7, 11) is 0. The lowest BCUT2D eigenvalue weighted by molar-refractivity contribution is 0.0931. The summed E-state index contributed by atoms with van der Waals surface area (Å²) in [6, 6.07) is 1.33. The van der Waals surface area contributed by atoms with Crippen molar-refractivity contribution < 1.29 is 9.90 Å². The number of pyridine rings is 1. The van der Waals surface area contributed by atoms with E-state index in [0.717, 1.165) is 6.42 Å². The summed E-state index contributed by atoms with van der Waals surface area (Å²) in [6.07, 6.45) is 4.41. The van der Waals surface area contributed by atoms with Gasteiger partial charge in [-0.05, 0) is 18.3 Å². The van der Waals surface area contributed by atoms with Crippen LogP contribution >= 0.6 is 0 Å². The SMILES string of the molecule is CC(C)(CCCO)CNC(=O)c1c[nH]ccc1=O. The molecule has 0 saturated carbocycles. The van der Waals surface area contributed by atoms with Gasteiger partial charge in [0.25, 0.3) is 5.91 Å². The molecule has 0 atom stereocenters. The Hall–Kier alpha value is -1.62. The van der Waals surface area contributed by atoms with E-state index in [0.29, 0.717) is 13.0 Å². The fourth-order valence-corrected chi connectivity index (χ4v) is 1.65. The number of rotatable bonds is 6. The Morgan fingerprint density at radius 2 is 2.22 bits per heavy atom. The molecule has 1 heterocycles. The number of hydrogen-bond donors (Lipinski definition) is 3. The molecule has 100 valence electrons. The van der Waals surface area contributed by atoms with E-state index >= 15 is 0 Å². The number of hydrogen-bond acceptors (Lipinski definition) is 3. The van der Waals surface area contributed by atoms with Crippen LogP contribution in [0, 0.1) is 5.41 Å². The average molecular weight is 252 g/mol. The van der Waals surface area contributed by atoms with Crippen molar-refractivity contribution in [3.05, 3.63) is 34.2 Å². The molecule has 0 aliphatic carbocycles. The van der Waals surface area contributed by atoms with E-state index in [1.54, 1.807) is 0 Å². The van der Waals surface area contributed by atoms with Crippen molar-refractivity contribution in [2.24, 2.45) is 5.41 Å². The average Bonchev–Trinajstić information content (AvgIpc) is 2.34. The first-order chi connectivity index (χ1) is 8.46. The Morgan fingerprint density at radius 1 is 1.50 bits per heavy atom. The van der Waals surface area contributed by atoms with Gasteiger partial charge in [-0.25, -0.2) is 0 Å². The molecule has 0 fully saturated rings. The number of nitrogens with one attached hydrogen (secondary N) is 2. The second-order valence-electron chi connectivity index (χ2n) is 5.10. The number of amides is 1. The summed E-state index contributed by atoms with van der Waals surface area (Å²) in [5.41, 5.74) is -0.269. The third-order valence-electron chi connectivity index (χ3n) is 2.81. The van der Waals surface area contributed by atoms with E-state index in [1.165, 1.54) is 18.5 Å². The molecular weight excluding hydrogens is 232 g/mol. The Balaban J connectivity index is 2.56. The summed E-state index contributed by atoms with van der Waals surface area (Å²) >= 11 is 0. The summed E-state index contributed by atoms with van der Waals surface area (Å²) in [5.74, 6) is -0.367. The maximum Gasteiger partial charge on any atom is 0.256 e. The van der Waals surface area contributed by atoms with E-state index < -0.39 is 0 Å². The Morgan fingerprint density at radius 3 is 2.83 bits per heavy atom. The molecule has 1 rings (SSSR count). The van der Waals surface area contributed by atoms with Crippen LogP contribution in [0.2, 0.25) is 0 Å². The van der Waals surface area contributed by atoms with Gasteiger partial charge in [-0.1, -0.05) is 13.8 Å². The van der Waals surface area contributed by atoms with Crippen LogP contribution in [0.15, 0.2) is 23.3 Å². The molecule has 1 aromatic heterocycles. The molecule has 5 heteroatoms. The lowest BCUT2D eigenvalue weighted by Gasteiger charge is -2.24. The van der Waals surface area contributed by atoms with Crippen molar-refractivity contribution in [3.8, 4) is 0 Å². The zero-order chi connectivity index (χ0) is 13.6. The smallest absolute Gasteiger partial charge is 0.256 e. The van der Waals surface area contributed by atoms with Crippen molar-refractivity contribution in [1.29, 1.82) is 0 Å². The lowest BCUT2D eigenvalue weighted by atomic mass is 9.88. The zero-order valence-corrected chi connectivity index (χ0v) is 10.8. The Kier molecular flexibility index (Phi) is 5.09. The third-order valence-corrected chi connectivity index (χ3v) is 2.81. The predicted molar refractivity (Wildman–Crippen MR) is 69.5 cm³/mol. The zero-order valence-electron chi connectivity index (χ0n) is 10.8. The van der Waals surface area contributed by atoms with Crippen molar-refractivity contribution in [1.82, 2.24) is 10.3 Å². The minimum atomic E-state index is -0.367. The second-order valence-corrected chi connectivity index (χ2v) is 5.10. The normalized spacial score (nSPS) is 11.3. The highest BCUT2D eigenvalue weighted by atomic mass is 16.3. The number of aliphatic hydroxyl groups is 1. The van der Waals surface area contributed by atoms with E-state index in [4.69, 9.17) is 5.11 Å². The second kappa shape index (κ2) is 6.35. The highest BCUT2D eigenvalue weighted by Gasteiger charge is 2.19. The van der Waals surface area contributed by atoms with Crippen LogP contribution in [-0.4, -0.2) is 29.1 Å². The monoisotopic (exact) mass is 252 g/mol. The first-order valence-electron chi connectivity index (χ1n) is 6.02. The van der Waals surface area contributed by atoms with Gasteiger partial charge in [0.1, 0.15) is 5.56 Å². The molecule has 1 amide bonds. The highest BCUT2D eigenvalue weighted by Crippen LogP contribution is 2.20. The van der Waals surface area contributed by atoms with Crippen molar-refractivity contribution in [2.75, 3.05) is 13.2 Å². The number of aromatic amines is 1. The van der Waals surface area contributed by atoms with Gasteiger partial charge in [-0.15, -0.1) is 0 Å². The van der Waals surface area contributed by atoms with Crippen LogP contribution in [0.25, 0.3) is 0 Å². The van der Waals surface area contributed by atoms with E-state index in [1.807, 2.05) is 13.8 Å². The fraction of sp³-hybridized carbons (Fsp3) is 0.538. The van der Waals surface area contributed by atoms with E-state index in [9.17, 15) is 9.59 Å². The minimum absolute atomic E-state index is 0.0973. The maximum atomic E-state index is 11.8. The van der Waals surface area contributed by atoms with Gasteiger partial charge in [-0.2, -0.15) is 0 Å². The quantitative estimate of drug-likeness (QED) is 0.703. The van der Waals surface area contributed by atoms with Crippen LogP contribution in [-0.2, 0) is 0 Å². The van der Waals surface area contributed by atoms with Crippen molar-refractivity contribution in [2.45, 2.75) is 26.7 Å². The van der Waals surface area contributed by atoms with Gasteiger partial charge < -0.3 is 15.4 Å². The molecule has 0 saturated heterocycles. The molecule has 1 aromatic rings. The van der Waals surface area contributed by atoms with Gasteiger partial charge in [0.05, 0.1) is 0 Å². The first-order valence-corrected chi connectivity index (χ1v) is 6.02. The Labute approximate surface area is 106 Å². The lowest BCUT2D eigenvalue weighted by Crippen LogP contribution is -2.36. The first kappa shape index (κ1) is 14.4. The molecule has 18 heavy (non-hydrogen) atoms. The van der Waals surface area contributed by atoms with Crippen LogP contribution in [0.3, 0.4) is 0 Å². The molecule has 0 radical (unpaired) electrons. The fourth-order valence-electron chi connectivity index (χ4n) is 1.65. The van der Waals surface area contributed by atoms with Crippen molar-refractivity contribution >= 4 is 5.91 Å². The van der Waals surface area contributed by atoms with E-state index in [2.05, 4.69) is 10.3 Å². The topological polar surface area (TPSA) is 82.2 Å². The van der Waals surface area contributed by atoms with Gasteiger partial charge in [0.2, 0.25) is 0 Å².